The van der Waals surface area contributed by atoms with Crippen molar-refractivity contribution in [3.63, 3.8) is 0 Å². The van der Waals surface area contributed by atoms with Crippen molar-refractivity contribution in [3.8, 4) is 0 Å². The molecular weight excluding hydrogens is 388 g/mol. The molecule has 0 bridgehead atoms. The third-order valence-electron chi connectivity index (χ3n) is 3.59. The molecule has 24 heavy (non-hydrogen) atoms. The van der Waals surface area contributed by atoms with E-state index in [9.17, 15) is 9.59 Å². The van der Waals surface area contributed by atoms with Crippen LogP contribution >= 0.6 is 27.7 Å². The molecule has 0 spiro atoms. The summed E-state index contributed by atoms with van der Waals surface area (Å²) in [5.41, 5.74) is 2.85. The van der Waals surface area contributed by atoms with Crippen molar-refractivity contribution in [2.24, 2.45) is 0 Å². The number of carbonyl (C=O) groups excluding carboxylic acids is 2. The lowest BCUT2D eigenvalue weighted by Gasteiger charge is -2.15. The molecule has 1 N–H and O–H groups in total. The van der Waals surface area contributed by atoms with Crippen LogP contribution in [-0.2, 0) is 4.79 Å². The second-order valence-electron chi connectivity index (χ2n) is 5.31. The molecule has 4 nitrogen and oxygen atoms in total. The van der Waals surface area contributed by atoms with Crippen LogP contribution in [0.2, 0.25) is 0 Å². The van der Waals surface area contributed by atoms with E-state index in [1.807, 2.05) is 55.5 Å². The molecule has 1 heterocycles. The Morgan fingerprint density at radius 3 is 2.71 bits per heavy atom. The zero-order valence-electron chi connectivity index (χ0n) is 13.0. The fourth-order valence-electron chi connectivity index (χ4n) is 2.32. The number of carbonyl (C=O) groups is 2. The van der Waals surface area contributed by atoms with Gasteiger partial charge in [-0.3, -0.25) is 14.5 Å². The topological polar surface area (TPSA) is 49.4 Å². The fourth-order valence-corrected chi connectivity index (χ4v) is 3.57. The van der Waals surface area contributed by atoms with Crippen LogP contribution in [0.15, 0.2) is 57.9 Å². The highest BCUT2D eigenvalue weighted by molar-refractivity contribution is 9.10. The normalized spacial score (nSPS) is 16.1. The summed E-state index contributed by atoms with van der Waals surface area (Å²) in [6.45, 7) is 2.13. The highest BCUT2D eigenvalue weighted by atomic mass is 79.9. The van der Waals surface area contributed by atoms with Gasteiger partial charge in [0.15, 0.2) is 0 Å². The predicted octanol–water partition coefficient (Wildman–Crippen LogP) is 4.86. The molecule has 0 atom stereocenters. The minimum Gasteiger partial charge on any atom is -0.367 e. The highest BCUT2D eigenvalue weighted by Crippen LogP contribution is 2.32. The van der Waals surface area contributed by atoms with Gasteiger partial charge in [0.2, 0.25) is 0 Å². The van der Waals surface area contributed by atoms with Crippen LogP contribution in [0.5, 0.6) is 0 Å². The monoisotopic (exact) mass is 402 g/mol. The van der Waals surface area contributed by atoms with Gasteiger partial charge >= 0.3 is 0 Å². The molecule has 0 aromatic heterocycles. The molecule has 1 aliphatic heterocycles. The quantitative estimate of drug-likeness (QED) is 0.741. The molecule has 3 rings (SSSR count). The third kappa shape index (κ3) is 3.71. The lowest BCUT2D eigenvalue weighted by Crippen LogP contribution is -2.33. The molecule has 1 saturated heterocycles. The van der Waals surface area contributed by atoms with Crippen LogP contribution in [0.3, 0.4) is 0 Å². The molecule has 1 fully saturated rings. The van der Waals surface area contributed by atoms with Gasteiger partial charge in [0.1, 0.15) is 0 Å². The molecule has 0 aliphatic carbocycles. The summed E-state index contributed by atoms with van der Waals surface area (Å²) < 4.78 is 0.927. The number of para-hydroxylation sites is 1. The Balaban J connectivity index is 1.73. The van der Waals surface area contributed by atoms with Crippen molar-refractivity contribution >= 4 is 50.6 Å². The van der Waals surface area contributed by atoms with Crippen molar-refractivity contribution in [2.45, 2.75) is 6.92 Å². The van der Waals surface area contributed by atoms with Gasteiger partial charge in [0.05, 0.1) is 11.6 Å². The zero-order valence-corrected chi connectivity index (χ0v) is 15.4. The average Bonchev–Trinajstić information content (AvgIpc) is 2.81. The van der Waals surface area contributed by atoms with E-state index in [1.165, 1.54) is 4.90 Å². The Morgan fingerprint density at radius 2 is 1.96 bits per heavy atom. The van der Waals surface area contributed by atoms with E-state index in [-0.39, 0.29) is 17.8 Å². The number of rotatable bonds is 4. The number of nitrogens with zero attached hydrogens (tertiary/aromatic N) is 1. The maximum atomic E-state index is 12.5. The summed E-state index contributed by atoms with van der Waals surface area (Å²) in [5.74, 6) is -0.272. The summed E-state index contributed by atoms with van der Waals surface area (Å²) in [7, 11) is 0. The number of halogens is 1. The van der Waals surface area contributed by atoms with E-state index in [4.69, 9.17) is 0 Å². The number of thioether (sulfide) groups is 1. The first-order chi connectivity index (χ1) is 11.5. The second kappa shape index (κ2) is 7.23. The molecular formula is C18H15BrN2O2S. The lowest BCUT2D eigenvalue weighted by atomic mass is 10.2. The van der Waals surface area contributed by atoms with E-state index >= 15 is 0 Å². The van der Waals surface area contributed by atoms with Crippen LogP contribution in [0.4, 0.5) is 10.5 Å². The van der Waals surface area contributed by atoms with Crippen molar-refractivity contribution in [1.82, 2.24) is 4.90 Å². The number of hydrogen-bond donors (Lipinski definition) is 1. The van der Waals surface area contributed by atoms with Gasteiger partial charge in [-0.1, -0.05) is 46.3 Å². The van der Waals surface area contributed by atoms with Gasteiger partial charge in [-0.15, -0.1) is 0 Å². The molecule has 6 heteroatoms. The van der Waals surface area contributed by atoms with Crippen LogP contribution in [-0.4, -0.2) is 22.7 Å². The molecule has 0 radical (unpaired) electrons. The van der Waals surface area contributed by atoms with Crippen molar-refractivity contribution in [1.29, 1.82) is 0 Å². The van der Waals surface area contributed by atoms with Crippen LogP contribution in [0.25, 0.3) is 6.08 Å². The summed E-state index contributed by atoms with van der Waals surface area (Å²) in [6, 6.07) is 15.4. The minimum absolute atomic E-state index is 0.158. The van der Waals surface area contributed by atoms with Gasteiger partial charge in [-0.05, 0) is 54.1 Å². The van der Waals surface area contributed by atoms with Gasteiger partial charge in [-0.25, -0.2) is 0 Å². The van der Waals surface area contributed by atoms with E-state index in [2.05, 4.69) is 21.2 Å². The van der Waals surface area contributed by atoms with E-state index < -0.39 is 0 Å². The van der Waals surface area contributed by atoms with Gasteiger partial charge in [-0.2, -0.15) is 0 Å². The average molecular weight is 403 g/mol. The molecule has 2 aromatic rings. The van der Waals surface area contributed by atoms with E-state index in [0.717, 1.165) is 33.0 Å². The molecule has 2 amide bonds. The first-order valence-corrected chi connectivity index (χ1v) is 8.96. The predicted molar refractivity (Wildman–Crippen MR) is 102 cm³/mol. The maximum absolute atomic E-state index is 12.5. The first-order valence-electron chi connectivity index (χ1n) is 7.35. The Kier molecular flexibility index (Phi) is 5.06. The van der Waals surface area contributed by atoms with Crippen LogP contribution in [0.1, 0.15) is 11.1 Å². The third-order valence-corrected chi connectivity index (χ3v) is 4.99. The van der Waals surface area contributed by atoms with Crippen molar-refractivity contribution in [2.75, 3.05) is 12.0 Å². The molecule has 0 saturated carbocycles. The standard InChI is InChI=1S/C18H15BrN2O2S/c1-12-5-2-3-8-15(12)20-11-21-17(22)16(24-18(21)23)10-13-6-4-7-14(19)9-13/h2-10,20H,11H2,1H3. The number of anilines is 1. The molecule has 2 aromatic carbocycles. The summed E-state index contributed by atoms with van der Waals surface area (Å²) >= 11 is 4.36. The largest absolute Gasteiger partial charge is 0.367 e. The van der Waals surface area contributed by atoms with E-state index in [0.29, 0.717) is 4.91 Å². The summed E-state index contributed by atoms with van der Waals surface area (Å²) in [5, 5.41) is 2.88. The Labute approximate surface area is 153 Å². The van der Waals surface area contributed by atoms with Crippen LogP contribution < -0.4 is 5.32 Å². The molecule has 0 unspecified atom stereocenters. The van der Waals surface area contributed by atoms with Gasteiger partial charge in [0, 0.05) is 10.2 Å². The molecule has 122 valence electrons. The Hall–Kier alpha value is -2.05. The zero-order chi connectivity index (χ0) is 17.1. The van der Waals surface area contributed by atoms with Crippen molar-refractivity contribution < 1.29 is 9.59 Å². The van der Waals surface area contributed by atoms with Gasteiger partial charge in [0.25, 0.3) is 11.1 Å². The Bertz CT molecular complexity index is 835. The number of benzene rings is 2. The molecule has 1 aliphatic rings. The van der Waals surface area contributed by atoms with E-state index in [1.54, 1.807) is 6.08 Å². The summed E-state index contributed by atoms with van der Waals surface area (Å²) in [4.78, 5) is 26.3. The number of amides is 2. The maximum Gasteiger partial charge on any atom is 0.295 e. The fraction of sp³-hybridized carbons (Fsp3) is 0.111. The Morgan fingerprint density at radius 1 is 1.17 bits per heavy atom. The highest BCUT2D eigenvalue weighted by Gasteiger charge is 2.34. The number of imide groups is 1. The van der Waals surface area contributed by atoms with Crippen LogP contribution in [0, 0.1) is 6.92 Å². The summed E-state index contributed by atoms with van der Waals surface area (Å²) in [6.07, 6.45) is 1.74. The lowest BCUT2D eigenvalue weighted by molar-refractivity contribution is -0.122. The van der Waals surface area contributed by atoms with Gasteiger partial charge < -0.3 is 5.32 Å². The number of hydrogen-bond acceptors (Lipinski definition) is 4. The smallest absolute Gasteiger partial charge is 0.295 e. The second-order valence-corrected chi connectivity index (χ2v) is 7.22. The number of nitrogens with one attached hydrogen (secondary N) is 1. The number of aryl methyl sites for hydroxylation is 1. The minimum atomic E-state index is -0.272. The first kappa shape index (κ1) is 16.8. The van der Waals surface area contributed by atoms with Crippen molar-refractivity contribution in [3.05, 3.63) is 69.0 Å². The SMILES string of the molecule is Cc1ccccc1NCN1C(=O)SC(=Cc2cccc(Br)c2)C1=O.